The van der Waals surface area contributed by atoms with Crippen LogP contribution in [0, 0.1) is 0 Å². The molecule has 1 fully saturated rings. The summed E-state index contributed by atoms with van der Waals surface area (Å²) in [5.74, 6) is 0.149. The minimum absolute atomic E-state index is 0.0650. The van der Waals surface area contributed by atoms with Gasteiger partial charge in [0.15, 0.2) is 0 Å². The zero-order valence-corrected chi connectivity index (χ0v) is 13.2. The minimum Gasteiger partial charge on any atom is -0.309 e. The monoisotopic (exact) mass is 294 g/mol. The third kappa shape index (κ3) is 4.05. The van der Waals surface area contributed by atoms with E-state index in [4.69, 9.17) is 11.6 Å². The molecule has 0 aliphatic carbocycles. The maximum atomic E-state index is 12.0. The predicted molar refractivity (Wildman–Crippen MR) is 83.4 cm³/mol. The Kier molecular flexibility index (Phi) is 5.19. The number of Topliss-reactive ketones (excluding diaryl/α,β-unsaturated/α-hetero) is 1. The Bertz CT molecular complexity index is 450. The summed E-state index contributed by atoms with van der Waals surface area (Å²) in [6.45, 7) is 8.81. The van der Waals surface area contributed by atoms with Gasteiger partial charge < -0.3 is 5.32 Å². The molecular weight excluding hydrogens is 272 g/mol. The van der Waals surface area contributed by atoms with E-state index in [0.29, 0.717) is 17.1 Å². The van der Waals surface area contributed by atoms with Crippen molar-refractivity contribution in [3.8, 4) is 0 Å². The van der Waals surface area contributed by atoms with Crippen molar-refractivity contribution < 1.29 is 4.79 Å². The number of ketones is 1. The van der Waals surface area contributed by atoms with E-state index < -0.39 is 0 Å². The van der Waals surface area contributed by atoms with Crippen LogP contribution in [0.1, 0.15) is 32.3 Å². The molecule has 1 aromatic carbocycles. The number of halogens is 1. The summed E-state index contributed by atoms with van der Waals surface area (Å²) < 4.78 is 0. The topological polar surface area (TPSA) is 32.3 Å². The van der Waals surface area contributed by atoms with Gasteiger partial charge >= 0.3 is 0 Å². The van der Waals surface area contributed by atoms with Crippen molar-refractivity contribution in [2.45, 2.75) is 38.8 Å². The summed E-state index contributed by atoms with van der Waals surface area (Å²) in [6, 6.07) is 8.58. The average molecular weight is 295 g/mol. The molecule has 0 amide bonds. The number of hydrogen-bond acceptors (Lipinski definition) is 3. The Balaban J connectivity index is 2.09. The number of hydrogen-bond donors (Lipinski definition) is 1. The molecule has 3 atom stereocenters. The van der Waals surface area contributed by atoms with Gasteiger partial charge in [-0.1, -0.05) is 23.7 Å². The molecule has 1 heterocycles. The lowest BCUT2D eigenvalue weighted by molar-refractivity contribution is -0.119. The minimum atomic E-state index is -0.0650. The van der Waals surface area contributed by atoms with E-state index in [2.05, 4.69) is 24.1 Å². The van der Waals surface area contributed by atoms with E-state index in [9.17, 15) is 4.79 Å². The summed E-state index contributed by atoms with van der Waals surface area (Å²) in [7, 11) is 0. The van der Waals surface area contributed by atoms with Crippen molar-refractivity contribution >= 4 is 17.4 Å². The highest BCUT2D eigenvalue weighted by Gasteiger charge is 2.26. The van der Waals surface area contributed by atoms with Gasteiger partial charge in [-0.25, -0.2) is 0 Å². The van der Waals surface area contributed by atoms with Gasteiger partial charge in [-0.2, -0.15) is 0 Å². The summed E-state index contributed by atoms with van der Waals surface area (Å²) in [6.07, 6.45) is 0. The van der Waals surface area contributed by atoms with E-state index in [1.54, 1.807) is 6.92 Å². The maximum absolute atomic E-state index is 12.0. The molecule has 110 valence electrons. The van der Waals surface area contributed by atoms with E-state index in [1.807, 2.05) is 24.3 Å². The molecule has 1 aliphatic heterocycles. The average Bonchev–Trinajstić information content (AvgIpc) is 2.36. The zero-order chi connectivity index (χ0) is 14.7. The number of piperazine rings is 1. The fourth-order valence-corrected chi connectivity index (χ4v) is 3.14. The second-order valence-corrected chi connectivity index (χ2v) is 6.34. The van der Waals surface area contributed by atoms with Gasteiger partial charge in [0.25, 0.3) is 0 Å². The predicted octanol–water partition coefficient (Wildman–Crippen LogP) is 2.69. The zero-order valence-electron chi connectivity index (χ0n) is 12.4. The Hall–Kier alpha value is -0.900. The van der Waals surface area contributed by atoms with Gasteiger partial charge in [-0.15, -0.1) is 0 Å². The van der Waals surface area contributed by atoms with Crippen molar-refractivity contribution in [1.29, 1.82) is 0 Å². The fourth-order valence-electron chi connectivity index (χ4n) is 3.01. The van der Waals surface area contributed by atoms with Crippen LogP contribution in [0.5, 0.6) is 0 Å². The number of rotatable bonds is 4. The second-order valence-electron chi connectivity index (χ2n) is 5.90. The standard InChI is InChI=1S/C16H23ClN2O/c1-11-8-19(9-12(2)18-11)10-16(13(3)20)14-4-6-15(17)7-5-14/h4-7,11-12,16,18H,8-10H2,1-3H3/t11-,12+,16-/m1/s1. The Labute approximate surface area is 126 Å². The molecule has 0 unspecified atom stereocenters. The quantitative estimate of drug-likeness (QED) is 0.927. The first-order chi connectivity index (χ1) is 9.45. The van der Waals surface area contributed by atoms with Crippen LogP contribution in [0.2, 0.25) is 5.02 Å². The van der Waals surface area contributed by atoms with Crippen LogP contribution in [0.25, 0.3) is 0 Å². The lowest BCUT2D eigenvalue weighted by atomic mass is 9.94. The highest BCUT2D eigenvalue weighted by atomic mass is 35.5. The van der Waals surface area contributed by atoms with Crippen LogP contribution in [-0.2, 0) is 4.79 Å². The van der Waals surface area contributed by atoms with Crippen LogP contribution in [0.3, 0.4) is 0 Å². The Morgan fingerprint density at radius 1 is 1.30 bits per heavy atom. The van der Waals surface area contributed by atoms with Crippen molar-refractivity contribution in [3.63, 3.8) is 0 Å². The summed E-state index contributed by atoms with van der Waals surface area (Å²) in [5.41, 5.74) is 1.06. The van der Waals surface area contributed by atoms with Gasteiger partial charge in [-0.3, -0.25) is 9.69 Å². The van der Waals surface area contributed by atoms with Crippen molar-refractivity contribution in [2.24, 2.45) is 0 Å². The van der Waals surface area contributed by atoms with Crippen LogP contribution in [0.15, 0.2) is 24.3 Å². The van der Waals surface area contributed by atoms with Crippen LogP contribution < -0.4 is 5.32 Å². The third-order valence-corrected chi connectivity index (χ3v) is 4.09. The molecule has 1 N–H and O–H groups in total. The smallest absolute Gasteiger partial charge is 0.138 e. The van der Waals surface area contributed by atoms with Gasteiger partial charge in [0.05, 0.1) is 5.92 Å². The van der Waals surface area contributed by atoms with Gasteiger partial charge in [0, 0.05) is 36.7 Å². The van der Waals surface area contributed by atoms with Crippen molar-refractivity contribution in [3.05, 3.63) is 34.9 Å². The molecule has 0 saturated carbocycles. The van der Waals surface area contributed by atoms with Crippen LogP contribution in [-0.4, -0.2) is 42.4 Å². The van der Waals surface area contributed by atoms with E-state index >= 15 is 0 Å². The number of benzene rings is 1. The molecule has 20 heavy (non-hydrogen) atoms. The lowest BCUT2D eigenvalue weighted by Gasteiger charge is -2.37. The first-order valence-corrected chi connectivity index (χ1v) is 7.58. The van der Waals surface area contributed by atoms with Crippen molar-refractivity contribution in [1.82, 2.24) is 10.2 Å². The van der Waals surface area contributed by atoms with Gasteiger partial charge in [0.2, 0.25) is 0 Å². The molecule has 1 aliphatic rings. The molecule has 0 radical (unpaired) electrons. The molecule has 1 aromatic rings. The van der Waals surface area contributed by atoms with E-state index in [1.165, 1.54) is 0 Å². The third-order valence-electron chi connectivity index (χ3n) is 3.84. The second kappa shape index (κ2) is 6.70. The molecule has 0 bridgehead atoms. The number of nitrogens with zero attached hydrogens (tertiary/aromatic N) is 1. The lowest BCUT2D eigenvalue weighted by Crippen LogP contribution is -2.55. The normalized spacial score (nSPS) is 25.4. The van der Waals surface area contributed by atoms with E-state index in [-0.39, 0.29) is 11.7 Å². The Morgan fingerprint density at radius 3 is 2.35 bits per heavy atom. The van der Waals surface area contributed by atoms with Crippen LogP contribution in [0.4, 0.5) is 0 Å². The van der Waals surface area contributed by atoms with E-state index in [0.717, 1.165) is 25.2 Å². The number of carbonyl (C=O) groups is 1. The Morgan fingerprint density at radius 2 is 1.85 bits per heavy atom. The molecular formula is C16H23ClN2O. The molecule has 2 rings (SSSR count). The number of carbonyl (C=O) groups excluding carboxylic acids is 1. The first kappa shape index (κ1) is 15.5. The van der Waals surface area contributed by atoms with Gasteiger partial charge in [-0.05, 0) is 38.5 Å². The SMILES string of the molecule is CC(=O)[C@@H](CN1C[C@@H](C)N[C@@H](C)C1)c1ccc(Cl)cc1. The summed E-state index contributed by atoms with van der Waals surface area (Å²) >= 11 is 5.92. The molecule has 3 nitrogen and oxygen atoms in total. The maximum Gasteiger partial charge on any atom is 0.138 e. The summed E-state index contributed by atoms with van der Waals surface area (Å²) in [4.78, 5) is 14.4. The van der Waals surface area contributed by atoms with Crippen LogP contribution >= 0.6 is 11.6 Å². The highest BCUT2D eigenvalue weighted by Crippen LogP contribution is 2.21. The molecule has 0 spiro atoms. The number of nitrogens with one attached hydrogen (secondary N) is 1. The largest absolute Gasteiger partial charge is 0.309 e. The molecule has 4 heteroatoms. The summed E-state index contributed by atoms with van der Waals surface area (Å²) in [5, 5.41) is 4.22. The first-order valence-electron chi connectivity index (χ1n) is 7.20. The van der Waals surface area contributed by atoms with Gasteiger partial charge in [0.1, 0.15) is 5.78 Å². The molecule has 1 saturated heterocycles. The fraction of sp³-hybridized carbons (Fsp3) is 0.562. The van der Waals surface area contributed by atoms with Crippen molar-refractivity contribution in [2.75, 3.05) is 19.6 Å². The highest BCUT2D eigenvalue weighted by molar-refractivity contribution is 6.30. The molecule has 0 aromatic heterocycles.